The second kappa shape index (κ2) is 4.45. The number of benzene rings is 1. The van der Waals surface area contributed by atoms with Gasteiger partial charge in [-0.25, -0.2) is 0 Å². The fourth-order valence-corrected chi connectivity index (χ4v) is 3.19. The summed E-state index contributed by atoms with van der Waals surface area (Å²) >= 11 is 0. The summed E-state index contributed by atoms with van der Waals surface area (Å²) in [5.41, 5.74) is 2.59. The van der Waals surface area contributed by atoms with E-state index in [1.54, 1.807) is 0 Å². The Hall–Kier alpha value is -0.820. The topological polar surface area (TPSA) is 20.2 Å². The van der Waals surface area contributed by atoms with Crippen molar-refractivity contribution in [2.75, 3.05) is 0 Å². The van der Waals surface area contributed by atoms with E-state index in [0.717, 1.165) is 18.3 Å². The van der Waals surface area contributed by atoms with Crippen LogP contribution in [0.1, 0.15) is 36.8 Å². The van der Waals surface area contributed by atoms with Crippen LogP contribution in [0.2, 0.25) is 0 Å². The number of aryl methyl sites for hydroxylation is 1. The van der Waals surface area contributed by atoms with E-state index in [-0.39, 0.29) is 6.10 Å². The minimum atomic E-state index is -0.114. The first-order valence-corrected chi connectivity index (χ1v) is 6.97. The quantitative estimate of drug-likeness (QED) is 0.822. The zero-order valence-electron chi connectivity index (χ0n) is 10.6. The van der Waals surface area contributed by atoms with Crippen molar-refractivity contribution in [3.8, 4) is 0 Å². The largest absolute Gasteiger partial charge is 0.392 e. The molecule has 2 aliphatic rings. The van der Waals surface area contributed by atoms with Crippen molar-refractivity contribution in [3.63, 3.8) is 0 Å². The molecule has 3 rings (SSSR count). The molecule has 1 unspecified atom stereocenters. The molecule has 2 saturated carbocycles. The van der Waals surface area contributed by atoms with E-state index in [0.29, 0.717) is 5.92 Å². The van der Waals surface area contributed by atoms with Crippen LogP contribution in [0.25, 0.3) is 0 Å². The summed E-state index contributed by atoms with van der Waals surface area (Å²) in [4.78, 5) is 0. The molecule has 0 spiro atoms. The van der Waals surface area contributed by atoms with Gasteiger partial charge in [-0.2, -0.15) is 0 Å². The van der Waals surface area contributed by atoms with Gasteiger partial charge in [-0.3, -0.25) is 0 Å². The van der Waals surface area contributed by atoms with Gasteiger partial charge < -0.3 is 5.11 Å². The molecule has 1 heteroatoms. The number of hydrogen-bond acceptors (Lipinski definition) is 1. The zero-order valence-corrected chi connectivity index (χ0v) is 10.6. The molecule has 1 aromatic carbocycles. The average Bonchev–Trinajstić information content (AvgIpc) is 3.11. The second-order valence-electron chi connectivity index (χ2n) is 6.01. The molecule has 1 aromatic rings. The van der Waals surface area contributed by atoms with Gasteiger partial charge in [0.05, 0.1) is 6.10 Å². The molecule has 1 nitrogen and oxygen atoms in total. The molecule has 17 heavy (non-hydrogen) atoms. The lowest BCUT2D eigenvalue weighted by Crippen LogP contribution is -2.26. The smallest absolute Gasteiger partial charge is 0.0614 e. The van der Waals surface area contributed by atoms with Gasteiger partial charge >= 0.3 is 0 Å². The summed E-state index contributed by atoms with van der Waals surface area (Å²) in [6.45, 7) is 2.12. The Morgan fingerprint density at radius 1 is 1.18 bits per heavy atom. The maximum absolute atomic E-state index is 10.5. The van der Waals surface area contributed by atoms with Crippen LogP contribution in [-0.2, 0) is 6.42 Å². The lowest BCUT2D eigenvalue weighted by Gasteiger charge is -2.22. The molecule has 0 heterocycles. The van der Waals surface area contributed by atoms with Crippen LogP contribution in [-0.4, -0.2) is 11.2 Å². The highest BCUT2D eigenvalue weighted by Crippen LogP contribution is 2.51. The first-order chi connectivity index (χ1) is 8.24. The van der Waals surface area contributed by atoms with Crippen LogP contribution in [0.15, 0.2) is 24.3 Å². The summed E-state index contributed by atoms with van der Waals surface area (Å²) < 4.78 is 0. The predicted molar refractivity (Wildman–Crippen MR) is 69.8 cm³/mol. The van der Waals surface area contributed by atoms with Crippen molar-refractivity contribution < 1.29 is 5.11 Å². The molecule has 2 aliphatic carbocycles. The highest BCUT2D eigenvalue weighted by Gasteiger charge is 2.44. The van der Waals surface area contributed by atoms with E-state index in [9.17, 15) is 5.11 Å². The van der Waals surface area contributed by atoms with Gasteiger partial charge in [-0.15, -0.1) is 0 Å². The van der Waals surface area contributed by atoms with Crippen LogP contribution in [0.5, 0.6) is 0 Å². The van der Waals surface area contributed by atoms with Crippen LogP contribution < -0.4 is 0 Å². The standard InChI is InChI=1S/C16H22O/c1-11-3-2-4-12(9-11)10-15(17)16(13-5-6-13)14-7-8-14/h2-4,9,13-17H,5-8,10H2,1H3. The molecular weight excluding hydrogens is 208 g/mol. The molecule has 0 aliphatic heterocycles. The highest BCUT2D eigenvalue weighted by atomic mass is 16.3. The number of aliphatic hydroxyl groups is 1. The Kier molecular flexibility index (Phi) is 2.96. The van der Waals surface area contributed by atoms with Crippen molar-refractivity contribution in [1.29, 1.82) is 0 Å². The fraction of sp³-hybridized carbons (Fsp3) is 0.625. The Morgan fingerprint density at radius 3 is 2.35 bits per heavy atom. The van der Waals surface area contributed by atoms with Crippen LogP contribution >= 0.6 is 0 Å². The summed E-state index contributed by atoms with van der Waals surface area (Å²) in [5, 5.41) is 10.5. The summed E-state index contributed by atoms with van der Waals surface area (Å²) in [6, 6.07) is 8.57. The third kappa shape index (κ3) is 2.71. The maximum atomic E-state index is 10.5. The molecule has 0 saturated heterocycles. The first kappa shape index (κ1) is 11.3. The monoisotopic (exact) mass is 230 g/mol. The molecule has 0 aromatic heterocycles. The molecule has 92 valence electrons. The van der Waals surface area contributed by atoms with Crippen molar-refractivity contribution in [3.05, 3.63) is 35.4 Å². The SMILES string of the molecule is Cc1cccc(CC(O)C(C2CC2)C2CC2)c1. The van der Waals surface area contributed by atoms with E-state index in [4.69, 9.17) is 0 Å². The van der Waals surface area contributed by atoms with E-state index >= 15 is 0 Å². The van der Waals surface area contributed by atoms with E-state index < -0.39 is 0 Å². The Balaban J connectivity index is 1.66. The first-order valence-electron chi connectivity index (χ1n) is 6.97. The molecule has 2 fully saturated rings. The molecule has 0 bridgehead atoms. The van der Waals surface area contributed by atoms with Crippen molar-refractivity contribution in [1.82, 2.24) is 0 Å². The third-order valence-corrected chi connectivity index (χ3v) is 4.30. The number of rotatable bonds is 5. The van der Waals surface area contributed by atoms with Gasteiger partial charge in [0.15, 0.2) is 0 Å². The van der Waals surface area contributed by atoms with Crippen LogP contribution in [0.4, 0.5) is 0 Å². The lowest BCUT2D eigenvalue weighted by molar-refractivity contribution is 0.0825. The minimum absolute atomic E-state index is 0.114. The Morgan fingerprint density at radius 2 is 1.82 bits per heavy atom. The van der Waals surface area contributed by atoms with Crippen molar-refractivity contribution in [2.24, 2.45) is 17.8 Å². The van der Waals surface area contributed by atoms with E-state index in [1.807, 2.05) is 0 Å². The normalized spacial score (nSPS) is 21.8. The molecule has 0 amide bonds. The second-order valence-corrected chi connectivity index (χ2v) is 6.01. The van der Waals surface area contributed by atoms with Gasteiger partial charge in [0, 0.05) is 0 Å². The molecular formula is C16H22O. The molecule has 0 radical (unpaired) electrons. The Bertz CT molecular complexity index is 378. The summed E-state index contributed by atoms with van der Waals surface area (Å²) in [7, 11) is 0. The van der Waals surface area contributed by atoms with Crippen LogP contribution in [0.3, 0.4) is 0 Å². The Labute approximate surface area is 104 Å². The summed E-state index contributed by atoms with van der Waals surface area (Å²) in [6.07, 6.45) is 6.15. The van der Waals surface area contributed by atoms with Gasteiger partial charge in [0.1, 0.15) is 0 Å². The fourth-order valence-electron chi connectivity index (χ4n) is 3.19. The predicted octanol–water partition coefficient (Wildman–Crippen LogP) is 3.33. The van der Waals surface area contributed by atoms with Crippen LogP contribution in [0, 0.1) is 24.7 Å². The van der Waals surface area contributed by atoms with E-state index in [1.165, 1.54) is 36.8 Å². The molecule has 1 atom stereocenters. The minimum Gasteiger partial charge on any atom is -0.392 e. The highest BCUT2D eigenvalue weighted by molar-refractivity contribution is 5.23. The van der Waals surface area contributed by atoms with E-state index in [2.05, 4.69) is 31.2 Å². The van der Waals surface area contributed by atoms with Crippen molar-refractivity contribution in [2.45, 2.75) is 45.1 Å². The number of aliphatic hydroxyl groups excluding tert-OH is 1. The maximum Gasteiger partial charge on any atom is 0.0614 e. The third-order valence-electron chi connectivity index (χ3n) is 4.30. The van der Waals surface area contributed by atoms with Gasteiger partial charge in [0.25, 0.3) is 0 Å². The molecule has 1 N–H and O–H groups in total. The lowest BCUT2D eigenvalue weighted by atomic mass is 9.88. The van der Waals surface area contributed by atoms with Crippen molar-refractivity contribution >= 4 is 0 Å². The number of hydrogen-bond donors (Lipinski definition) is 1. The zero-order chi connectivity index (χ0) is 11.8. The average molecular weight is 230 g/mol. The van der Waals surface area contributed by atoms with Gasteiger partial charge in [-0.1, -0.05) is 29.8 Å². The van der Waals surface area contributed by atoms with Gasteiger partial charge in [0.2, 0.25) is 0 Å². The van der Waals surface area contributed by atoms with Gasteiger partial charge in [-0.05, 0) is 62.3 Å². The summed E-state index contributed by atoms with van der Waals surface area (Å²) in [5.74, 6) is 2.26.